The summed E-state index contributed by atoms with van der Waals surface area (Å²) in [4.78, 5) is 2.32. The molecule has 0 amide bonds. The second kappa shape index (κ2) is 5.09. The fraction of sp³-hybridized carbons (Fsp3) is 0.500. The molecular weight excluding hydrogens is 240 g/mol. The van der Waals surface area contributed by atoms with E-state index in [0.29, 0.717) is 6.10 Å². The molecule has 19 heavy (non-hydrogen) atoms. The third-order valence-electron chi connectivity index (χ3n) is 3.71. The van der Waals surface area contributed by atoms with Crippen molar-refractivity contribution in [3.05, 3.63) is 18.3 Å². The van der Waals surface area contributed by atoms with E-state index in [4.69, 9.17) is 10.5 Å². The molecule has 1 aromatic carbocycles. The first-order chi connectivity index (χ1) is 9.28. The van der Waals surface area contributed by atoms with Crippen molar-refractivity contribution in [3.63, 3.8) is 0 Å². The number of aromatic amines is 1. The minimum absolute atomic E-state index is 0.315. The van der Waals surface area contributed by atoms with E-state index in [1.54, 1.807) is 6.20 Å². The van der Waals surface area contributed by atoms with E-state index in [1.807, 2.05) is 13.0 Å². The van der Waals surface area contributed by atoms with Gasteiger partial charge in [-0.05, 0) is 31.9 Å². The average Bonchev–Trinajstić information content (AvgIpc) is 2.85. The number of nitrogens with zero attached hydrogens (tertiary/aromatic N) is 2. The lowest BCUT2D eigenvalue weighted by atomic mass is 10.1. The van der Waals surface area contributed by atoms with Crippen molar-refractivity contribution in [2.45, 2.75) is 25.9 Å². The van der Waals surface area contributed by atoms with Crippen LogP contribution in [0.4, 0.5) is 11.4 Å². The van der Waals surface area contributed by atoms with Crippen LogP contribution in [0.2, 0.25) is 0 Å². The number of hydrogen-bond donors (Lipinski definition) is 2. The molecule has 102 valence electrons. The highest BCUT2D eigenvalue weighted by Crippen LogP contribution is 2.30. The number of rotatable bonds is 3. The fourth-order valence-electron chi connectivity index (χ4n) is 2.80. The lowest BCUT2D eigenvalue weighted by Crippen LogP contribution is -2.40. The Balaban J connectivity index is 1.87. The summed E-state index contributed by atoms with van der Waals surface area (Å²) in [5.41, 5.74) is 9.10. The summed E-state index contributed by atoms with van der Waals surface area (Å²) < 4.78 is 5.74. The molecule has 1 aliphatic heterocycles. The summed E-state index contributed by atoms with van der Waals surface area (Å²) in [6.07, 6.45) is 4.40. The van der Waals surface area contributed by atoms with Crippen LogP contribution in [0.3, 0.4) is 0 Å². The summed E-state index contributed by atoms with van der Waals surface area (Å²) in [6.45, 7) is 4.77. The molecule has 2 aromatic rings. The van der Waals surface area contributed by atoms with Gasteiger partial charge in [-0.2, -0.15) is 5.10 Å². The number of nitrogens with one attached hydrogen (secondary N) is 1. The molecule has 1 aromatic heterocycles. The van der Waals surface area contributed by atoms with Gasteiger partial charge in [0.2, 0.25) is 0 Å². The maximum absolute atomic E-state index is 6.17. The van der Waals surface area contributed by atoms with Crippen LogP contribution < -0.4 is 10.6 Å². The van der Waals surface area contributed by atoms with Crippen LogP contribution in [0.5, 0.6) is 0 Å². The number of aromatic nitrogens is 2. The van der Waals surface area contributed by atoms with Gasteiger partial charge < -0.3 is 15.4 Å². The number of piperidine rings is 1. The SMILES string of the molecule is CCOC1CCCN(c2cc3[nH]ncc3cc2N)C1. The van der Waals surface area contributed by atoms with Crippen LogP contribution >= 0.6 is 0 Å². The smallest absolute Gasteiger partial charge is 0.0750 e. The van der Waals surface area contributed by atoms with Crippen LogP contribution in [0, 0.1) is 0 Å². The lowest BCUT2D eigenvalue weighted by molar-refractivity contribution is 0.0527. The molecule has 3 rings (SSSR count). The zero-order valence-electron chi connectivity index (χ0n) is 11.2. The van der Waals surface area contributed by atoms with E-state index < -0.39 is 0 Å². The van der Waals surface area contributed by atoms with E-state index in [2.05, 4.69) is 21.2 Å². The van der Waals surface area contributed by atoms with Crippen LogP contribution in [-0.2, 0) is 4.74 Å². The van der Waals surface area contributed by atoms with Crippen LogP contribution in [0.15, 0.2) is 18.3 Å². The summed E-state index contributed by atoms with van der Waals surface area (Å²) in [6, 6.07) is 4.07. The van der Waals surface area contributed by atoms with Crippen molar-refractivity contribution in [1.29, 1.82) is 0 Å². The van der Waals surface area contributed by atoms with E-state index in [0.717, 1.165) is 54.8 Å². The number of H-pyrrole nitrogens is 1. The second-order valence-electron chi connectivity index (χ2n) is 5.03. The number of ether oxygens (including phenoxy) is 1. The Kier molecular flexibility index (Phi) is 3.29. The van der Waals surface area contributed by atoms with Gasteiger partial charge >= 0.3 is 0 Å². The Bertz CT molecular complexity index is 564. The zero-order valence-corrected chi connectivity index (χ0v) is 11.2. The number of nitrogen functional groups attached to an aromatic ring is 1. The van der Waals surface area contributed by atoms with Gasteiger partial charge in [-0.1, -0.05) is 0 Å². The predicted molar refractivity (Wildman–Crippen MR) is 77.4 cm³/mol. The van der Waals surface area contributed by atoms with Gasteiger partial charge in [-0.3, -0.25) is 5.10 Å². The van der Waals surface area contributed by atoms with E-state index in [-0.39, 0.29) is 0 Å². The van der Waals surface area contributed by atoms with Gasteiger partial charge in [0.05, 0.1) is 29.2 Å². The Morgan fingerprint density at radius 1 is 1.53 bits per heavy atom. The van der Waals surface area contributed by atoms with Crippen molar-refractivity contribution in [1.82, 2.24) is 10.2 Å². The van der Waals surface area contributed by atoms with E-state index >= 15 is 0 Å². The molecule has 3 N–H and O–H groups in total. The van der Waals surface area contributed by atoms with Gasteiger partial charge in [-0.25, -0.2) is 0 Å². The third-order valence-corrected chi connectivity index (χ3v) is 3.71. The van der Waals surface area contributed by atoms with Crippen LogP contribution in [0.1, 0.15) is 19.8 Å². The first-order valence-electron chi connectivity index (χ1n) is 6.87. The molecule has 0 aliphatic carbocycles. The predicted octanol–water partition coefficient (Wildman–Crippen LogP) is 2.15. The lowest BCUT2D eigenvalue weighted by Gasteiger charge is -2.34. The molecule has 2 heterocycles. The molecule has 0 radical (unpaired) electrons. The van der Waals surface area contributed by atoms with Gasteiger partial charge in [0.15, 0.2) is 0 Å². The van der Waals surface area contributed by atoms with Crippen molar-refractivity contribution in [2.24, 2.45) is 0 Å². The zero-order chi connectivity index (χ0) is 13.2. The largest absolute Gasteiger partial charge is 0.397 e. The van der Waals surface area contributed by atoms with Gasteiger partial charge in [-0.15, -0.1) is 0 Å². The van der Waals surface area contributed by atoms with Crippen molar-refractivity contribution >= 4 is 22.3 Å². The number of nitrogens with two attached hydrogens (primary N) is 1. The highest BCUT2D eigenvalue weighted by atomic mass is 16.5. The van der Waals surface area contributed by atoms with Gasteiger partial charge in [0.1, 0.15) is 0 Å². The molecule has 1 aliphatic rings. The monoisotopic (exact) mass is 260 g/mol. The molecule has 0 bridgehead atoms. The Morgan fingerprint density at radius 3 is 3.26 bits per heavy atom. The third kappa shape index (κ3) is 2.38. The number of fused-ring (bicyclic) bond motifs is 1. The number of hydrogen-bond acceptors (Lipinski definition) is 4. The first-order valence-corrected chi connectivity index (χ1v) is 6.87. The molecule has 0 spiro atoms. The summed E-state index contributed by atoms with van der Waals surface area (Å²) in [7, 11) is 0. The van der Waals surface area contributed by atoms with Crippen LogP contribution in [-0.4, -0.2) is 36.0 Å². The number of benzene rings is 1. The van der Waals surface area contributed by atoms with Crippen molar-refractivity contribution in [2.75, 3.05) is 30.3 Å². The number of anilines is 2. The highest BCUT2D eigenvalue weighted by Gasteiger charge is 2.22. The molecule has 1 saturated heterocycles. The van der Waals surface area contributed by atoms with Crippen LogP contribution in [0.25, 0.3) is 10.9 Å². The molecule has 5 heteroatoms. The Morgan fingerprint density at radius 2 is 2.42 bits per heavy atom. The second-order valence-corrected chi connectivity index (χ2v) is 5.03. The molecule has 0 saturated carbocycles. The summed E-state index contributed by atoms with van der Waals surface area (Å²) in [5.74, 6) is 0. The maximum atomic E-state index is 6.17. The molecule has 1 atom stereocenters. The van der Waals surface area contributed by atoms with Gasteiger partial charge in [0, 0.05) is 25.1 Å². The fourth-order valence-corrected chi connectivity index (χ4v) is 2.80. The standard InChI is InChI=1S/C14H20N4O/c1-2-19-11-4-3-5-18(9-11)14-7-13-10(6-12(14)15)8-16-17-13/h6-8,11H,2-5,9,15H2,1H3,(H,16,17). The topological polar surface area (TPSA) is 67.2 Å². The minimum atomic E-state index is 0.315. The summed E-state index contributed by atoms with van der Waals surface area (Å²) in [5, 5.41) is 8.10. The van der Waals surface area contributed by atoms with E-state index in [1.165, 1.54) is 0 Å². The average molecular weight is 260 g/mol. The molecule has 1 fully saturated rings. The Labute approximate surface area is 112 Å². The summed E-state index contributed by atoms with van der Waals surface area (Å²) >= 11 is 0. The molecular formula is C14H20N4O. The quantitative estimate of drug-likeness (QED) is 0.830. The van der Waals surface area contributed by atoms with Gasteiger partial charge in [0.25, 0.3) is 0 Å². The van der Waals surface area contributed by atoms with Crippen molar-refractivity contribution < 1.29 is 4.74 Å². The first kappa shape index (κ1) is 12.3. The van der Waals surface area contributed by atoms with Crippen molar-refractivity contribution in [3.8, 4) is 0 Å². The highest BCUT2D eigenvalue weighted by molar-refractivity contribution is 5.88. The van der Waals surface area contributed by atoms with E-state index in [9.17, 15) is 0 Å². The Hall–Kier alpha value is -1.75. The molecule has 1 unspecified atom stereocenters. The maximum Gasteiger partial charge on any atom is 0.0750 e. The molecule has 5 nitrogen and oxygen atoms in total. The normalized spacial score (nSPS) is 20.1. The minimum Gasteiger partial charge on any atom is -0.397 e.